The van der Waals surface area contributed by atoms with Crippen LogP contribution in [-0.2, 0) is 25.7 Å². The molecular formula is C16H21BrN2O5. The Bertz CT molecular complexity index is 539. The van der Waals surface area contributed by atoms with Gasteiger partial charge in [-0.15, -0.1) is 0 Å². The first-order chi connectivity index (χ1) is 11.5. The zero-order valence-corrected chi connectivity index (χ0v) is 15.0. The molecule has 1 rings (SSSR count). The van der Waals surface area contributed by atoms with Gasteiger partial charge in [-0.1, -0.05) is 46.3 Å². The summed E-state index contributed by atoms with van der Waals surface area (Å²) in [6.07, 6.45) is -0.591. The van der Waals surface area contributed by atoms with E-state index in [1.54, 1.807) is 6.92 Å². The molecule has 0 aliphatic carbocycles. The summed E-state index contributed by atoms with van der Waals surface area (Å²) in [6.45, 7) is 1.90. The third-order valence-electron chi connectivity index (χ3n) is 2.89. The van der Waals surface area contributed by atoms with E-state index in [-0.39, 0.29) is 32.1 Å². The van der Waals surface area contributed by atoms with E-state index in [9.17, 15) is 14.4 Å². The predicted octanol–water partition coefficient (Wildman–Crippen LogP) is 1.75. The number of halogens is 1. The number of alkyl carbamates (subject to hydrolysis) is 1. The number of nitrogens with one attached hydrogen (secondary N) is 2. The maximum absolute atomic E-state index is 11.8. The average molecular weight is 401 g/mol. The van der Waals surface area contributed by atoms with Gasteiger partial charge in [0.15, 0.2) is 0 Å². The second-order valence-corrected chi connectivity index (χ2v) is 5.49. The van der Waals surface area contributed by atoms with Crippen molar-refractivity contribution in [1.29, 1.82) is 0 Å². The van der Waals surface area contributed by atoms with E-state index in [0.717, 1.165) is 5.56 Å². The van der Waals surface area contributed by atoms with E-state index in [1.807, 2.05) is 30.3 Å². The number of alkyl halides is 1. The highest BCUT2D eigenvalue weighted by molar-refractivity contribution is 9.09. The molecule has 8 heteroatoms. The minimum absolute atomic E-state index is 0.0189. The van der Waals surface area contributed by atoms with E-state index < -0.39 is 18.1 Å². The van der Waals surface area contributed by atoms with Crippen LogP contribution in [0.4, 0.5) is 4.79 Å². The lowest BCUT2D eigenvalue weighted by Gasteiger charge is -2.16. The molecule has 0 radical (unpaired) electrons. The number of hydrogen-bond acceptors (Lipinski definition) is 5. The molecule has 0 aliphatic rings. The fourth-order valence-corrected chi connectivity index (χ4v) is 2.15. The van der Waals surface area contributed by atoms with Gasteiger partial charge >= 0.3 is 12.1 Å². The van der Waals surface area contributed by atoms with Gasteiger partial charge in [0.25, 0.3) is 0 Å². The lowest BCUT2D eigenvalue weighted by molar-refractivity contribution is -0.143. The molecule has 1 aromatic carbocycles. The van der Waals surface area contributed by atoms with Gasteiger partial charge in [0, 0.05) is 11.8 Å². The number of rotatable bonds is 9. The van der Waals surface area contributed by atoms with Crippen molar-refractivity contribution in [3.63, 3.8) is 0 Å². The van der Waals surface area contributed by atoms with Crippen molar-refractivity contribution in [3.05, 3.63) is 35.9 Å². The highest BCUT2D eigenvalue weighted by Crippen LogP contribution is 2.02. The molecule has 0 aliphatic heterocycles. The minimum Gasteiger partial charge on any atom is -0.465 e. The molecule has 0 saturated heterocycles. The summed E-state index contributed by atoms with van der Waals surface area (Å²) in [7, 11) is 0. The number of ether oxygens (including phenoxy) is 2. The average Bonchev–Trinajstić information content (AvgIpc) is 2.58. The largest absolute Gasteiger partial charge is 0.465 e. The normalized spacial score (nSPS) is 11.2. The van der Waals surface area contributed by atoms with Crippen molar-refractivity contribution in [2.45, 2.75) is 26.0 Å². The van der Waals surface area contributed by atoms with E-state index in [1.165, 1.54) is 0 Å². The van der Waals surface area contributed by atoms with E-state index in [2.05, 4.69) is 26.6 Å². The van der Waals surface area contributed by atoms with Crippen molar-refractivity contribution < 1.29 is 23.9 Å². The SMILES string of the molecule is CCOC(=O)CNC(=O)C[C@H](CBr)NC(=O)OCc1ccccc1. The van der Waals surface area contributed by atoms with Crippen LogP contribution in [0, 0.1) is 0 Å². The zero-order valence-electron chi connectivity index (χ0n) is 13.4. The maximum Gasteiger partial charge on any atom is 0.407 e. The topological polar surface area (TPSA) is 93.7 Å². The van der Waals surface area contributed by atoms with E-state index >= 15 is 0 Å². The lowest BCUT2D eigenvalue weighted by Crippen LogP contribution is -2.41. The second-order valence-electron chi connectivity index (χ2n) is 4.84. The number of amides is 2. The van der Waals surface area contributed by atoms with Crippen molar-refractivity contribution in [2.75, 3.05) is 18.5 Å². The molecule has 7 nitrogen and oxygen atoms in total. The Kier molecular flexibility index (Phi) is 9.52. The summed E-state index contributed by atoms with van der Waals surface area (Å²) >= 11 is 3.23. The van der Waals surface area contributed by atoms with Crippen molar-refractivity contribution in [3.8, 4) is 0 Å². The summed E-state index contributed by atoms with van der Waals surface area (Å²) in [5, 5.41) is 5.41. The van der Waals surface area contributed by atoms with Gasteiger partial charge in [-0.2, -0.15) is 0 Å². The van der Waals surface area contributed by atoms with Crippen LogP contribution in [0.1, 0.15) is 18.9 Å². The van der Waals surface area contributed by atoms with Crippen LogP contribution in [0.2, 0.25) is 0 Å². The standard InChI is InChI=1S/C16H21BrN2O5/c1-2-23-15(21)10-18-14(20)8-13(9-17)19-16(22)24-11-12-6-4-3-5-7-12/h3-7,13H,2,8-11H2,1H3,(H,18,20)(H,19,22)/t13-/m1/s1. The first kappa shape index (κ1) is 20.0. The zero-order chi connectivity index (χ0) is 17.8. The molecule has 0 bridgehead atoms. The fourth-order valence-electron chi connectivity index (χ4n) is 1.75. The van der Waals surface area contributed by atoms with Crippen LogP contribution < -0.4 is 10.6 Å². The Balaban J connectivity index is 2.31. The Morgan fingerprint density at radius 2 is 1.88 bits per heavy atom. The maximum atomic E-state index is 11.8. The number of carbonyl (C=O) groups excluding carboxylic acids is 3. The predicted molar refractivity (Wildman–Crippen MR) is 91.6 cm³/mol. The van der Waals surface area contributed by atoms with Gasteiger partial charge in [0.1, 0.15) is 13.2 Å². The molecule has 0 spiro atoms. The monoisotopic (exact) mass is 400 g/mol. The summed E-state index contributed by atoms with van der Waals surface area (Å²) in [4.78, 5) is 34.7. The molecule has 24 heavy (non-hydrogen) atoms. The summed E-state index contributed by atoms with van der Waals surface area (Å²) in [5.74, 6) is -0.868. The summed E-state index contributed by atoms with van der Waals surface area (Å²) < 4.78 is 9.80. The Morgan fingerprint density at radius 3 is 2.50 bits per heavy atom. The third kappa shape index (κ3) is 8.52. The highest BCUT2D eigenvalue weighted by Gasteiger charge is 2.17. The Labute approximate surface area is 149 Å². The van der Waals surface area contributed by atoms with Gasteiger partial charge in [-0.3, -0.25) is 9.59 Å². The molecule has 0 saturated carbocycles. The number of esters is 1. The molecule has 1 aromatic rings. The molecule has 1 atom stereocenters. The number of hydrogen-bond donors (Lipinski definition) is 2. The molecule has 2 amide bonds. The number of benzene rings is 1. The molecule has 0 fully saturated rings. The molecule has 0 aromatic heterocycles. The lowest BCUT2D eigenvalue weighted by atomic mass is 10.2. The molecule has 0 heterocycles. The molecule has 2 N–H and O–H groups in total. The molecule has 132 valence electrons. The van der Waals surface area contributed by atoms with Crippen LogP contribution in [0.25, 0.3) is 0 Å². The number of carbonyl (C=O) groups is 3. The van der Waals surface area contributed by atoms with Crippen LogP contribution >= 0.6 is 15.9 Å². The van der Waals surface area contributed by atoms with Gasteiger partial charge in [0.2, 0.25) is 5.91 Å². The van der Waals surface area contributed by atoms with Crippen LogP contribution in [0.5, 0.6) is 0 Å². The summed E-state index contributed by atoms with van der Waals surface area (Å²) in [6, 6.07) is 8.82. The van der Waals surface area contributed by atoms with E-state index in [0.29, 0.717) is 5.33 Å². The Morgan fingerprint density at radius 1 is 1.17 bits per heavy atom. The van der Waals surface area contributed by atoms with Gasteiger partial charge in [-0.05, 0) is 12.5 Å². The minimum atomic E-state index is -0.610. The van der Waals surface area contributed by atoms with Crippen molar-refractivity contribution in [1.82, 2.24) is 10.6 Å². The first-order valence-corrected chi connectivity index (χ1v) is 8.62. The highest BCUT2D eigenvalue weighted by atomic mass is 79.9. The summed E-state index contributed by atoms with van der Waals surface area (Å²) in [5.41, 5.74) is 0.871. The van der Waals surface area contributed by atoms with Crippen LogP contribution in [-0.4, -0.2) is 42.5 Å². The van der Waals surface area contributed by atoms with Gasteiger partial charge < -0.3 is 20.1 Å². The van der Waals surface area contributed by atoms with E-state index in [4.69, 9.17) is 9.47 Å². The van der Waals surface area contributed by atoms with Crippen molar-refractivity contribution >= 4 is 33.9 Å². The quantitative estimate of drug-likeness (QED) is 0.486. The molecular weight excluding hydrogens is 380 g/mol. The van der Waals surface area contributed by atoms with Crippen LogP contribution in [0.15, 0.2) is 30.3 Å². The smallest absolute Gasteiger partial charge is 0.407 e. The van der Waals surface area contributed by atoms with Gasteiger partial charge in [0.05, 0.1) is 12.6 Å². The van der Waals surface area contributed by atoms with Crippen molar-refractivity contribution in [2.24, 2.45) is 0 Å². The third-order valence-corrected chi connectivity index (χ3v) is 3.67. The second kappa shape index (κ2) is 11.4. The molecule has 0 unspecified atom stereocenters. The fraction of sp³-hybridized carbons (Fsp3) is 0.438. The van der Waals surface area contributed by atoms with Crippen LogP contribution in [0.3, 0.4) is 0 Å². The Hall–Kier alpha value is -2.09. The first-order valence-electron chi connectivity index (χ1n) is 7.50. The van der Waals surface area contributed by atoms with Gasteiger partial charge in [-0.25, -0.2) is 4.79 Å².